The normalized spacial score (nSPS) is 27.2. The number of amides is 5. The number of pyridine rings is 2. The van der Waals surface area contributed by atoms with Gasteiger partial charge in [-0.3, -0.25) is 39.2 Å². The topological polar surface area (TPSA) is 156 Å². The van der Waals surface area contributed by atoms with Crippen molar-refractivity contribution in [3.05, 3.63) is 87.7 Å². The second-order valence-electron chi connectivity index (χ2n) is 20.2. The molecule has 5 fully saturated rings. The predicted octanol–water partition coefficient (Wildman–Crippen LogP) is 6.64. The number of rotatable bonds is 8. The molecule has 0 bridgehead atoms. The Labute approximate surface area is 400 Å². The summed E-state index contributed by atoms with van der Waals surface area (Å²) in [6.07, 6.45) is 12.5. The van der Waals surface area contributed by atoms with Crippen LogP contribution < -0.4 is 26.2 Å². The molecular weight excluding hydrogens is 895 g/mol. The molecule has 352 valence electrons. The molecule has 17 heteroatoms. The van der Waals surface area contributed by atoms with Gasteiger partial charge in [0.15, 0.2) is 16.6 Å². The van der Waals surface area contributed by atoms with Crippen LogP contribution in [0.25, 0.3) is 5.65 Å². The fourth-order valence-electron chi connectivity index (χ4n) is 12.1. The summed E-state index contributed by atoms with van der Waals surface area (Å²) in [6, 6.07) is 9.39. The van der Waals surface area contributed by atoms with Gasteiger partial charge < -0.3 is 15.5 Å². The third kappa shape index (κ3) is 8.36. The molecule has 2 aliphatic carbocycles. The molecule has 3 atom stereocenters. The van der Waals surface area contributed by atoms with E-state index in [2.05, 4.69) is 66.7 Å². The van der Waals surface area contributed by atoms with Gasteiger partial charge in [-0.25, -0.2) is 19.2 Å². The summed E-state index contributed by atoms with van der Waals surface area (Å²) in [5.74, 6) is 5.36. The molecule has 2 saturated carbocycles. The number of piperazine rings is 1. The molecule has 0 unspecified atom stereocenters. The largest absolute Gasteiger partial charge is 0.352 e. The molecule has 4 aliphatic heterocycles. The van der Waals surface area contributed by atoms with Crippen molar-refractivity contribution in [3.8, 4) is 11.8 Å². The molecule has 3 aromatic heterocycles. The minimum Gasteiger partial charge on any atom is -0.352 e. The van der Waals surface area contributed by atoms with E-state index in [0.29, 0.717) is 47.5 Å². The lowest BCUT2D eigenvalue weighted by Crippen LogP contribution is -2.61. The highest BCUT2D eigenvalue weighted by atomic mass is 35.5. The van der Waals surface area contributed by atoms with E-state index in [1.165, 1.54) is 11.1 Å². The average Bonchev–Trinajstić information content (AvgIpc) is 3.96. The van der Waals surface area contributed by atoms with Crippen molar-refractivity contribution in [2.75, 3.05) is 56.0 Å². The number of imide groups is 1. The maximum Gasteiger partial charge on any atom is 0.329 e. The molecule has 4 aromatic rings. The number of anilines is 2. The maximum absolute atomic E-state index is 16.4. The molecule has 6 aliphatic rings. The van der Waals surface area contributed by atoms with Crippen LogP contribution in [0.15, 0.2) is 55.0 Å². The van der Waals surface area contributed by atoms with Crippen molar-refractivity contribution in [1.29, 1.82) is 0 Å². The van der Waals surface area contributed by atoms with Crippen LogP contribution in [0, 0.1) is 29.0 Å². The number of carbonyl (C=O) groups excluding carboxylic acids is 4. The lowest BCUT2D eigenvalue weighted by molar-refractivity contribution is -0.125. The molecular formula is C50H57Cl2FN10O4. The highest BCUT2D eigenvalue weighted by molar-refractivity contribution is 6.31. The van der Waals surface area contributed by atoms with Gasteiger partial charge in [0.25, 0.3) is 0 Å². The SMILES string of the molecule is CC1(C)CCC2(CC1)N[C@@H](C(=O)N[C@H]1CC[C@H](CN3CCN(CCC#Cc4cccn5c(N6CCC(=O)NC6=O)cnc45)CC3)CC1)[C@H](c1ccnc(Cl)c1F)[C@]21C(=O)Nc2cc(Cl)ccc21. The predicted molar refractivity (Wildman–Crippen MR) is 255 cm³/mol. The lowest BCUT2D eigenvalue weighted by Gasteiger charge is -2.50. The summed E-state index contributed by atoms with van der Waals surface area (Å²) in [7, 11) is 0. The zero-order valence-corrected chi connectivity index (χ0v) is 39.5. The van der Waals surface area contributed by atoms with Gasteiger partial charge in [0.05, 0.1) is 17.8 Å². The number of nitrogens with zero attached hydrogens (tertiary/aromatic N) is 6. The Morgan fingerprint density at radius 3 is 2.46 bits per heavy atom. The maximum atomic E-state index is 16.4. The van der Waals surface area contributed by atoms with Gasteiger partial charge in [0, 0.05) is 99.3 Å². The number of benzene rings is 1. The quantitative estimate of drug-likeness (QED) is 0.112. The van der Waals surface area contributed by atoms with E-state index in [4.69, 9.17) is 23.2 Å². The third-order valence-electron chi connectivity index (χ3n) is 15.7. The standard InChI is InChI=1S/C50H57Cl2FN10O4/c1-48(2)16-18-49(19-17-48)50(36-13-10-33(51)28-37(36)57-46(50)66)40(35-14-20-54-43(52)41(35)53)42(59-49)45(65)56-34-11-8-31(9-12-34)30-61-26-24-60(25-27-61)21-4-3-6-32-7-5-22-62-39(29-55-44(32)62)63-23-15-38(64)58-47(63)67/h5,7,10,13-14,20,22,28-29,31,34,40,42,59H,4,8-9,11-12,15-19,21,23-27,30H2,1-2H3,(H,56,65)(H,57,66)(H,58,64,67)/t31-,34-,40-,42+,50+/m0/s1. The molecule has 3 saturated heterocycles. The van der Waals surface area contributed by atoms with E-state index in [0.717, 1.165) is 95.3 Å². The van der Waals surface area contributed by atoms with Crippen LogP contribution in [-0.2, 0) is 19.8 Å². The van der Waals surface area contributed by atoms with Gasteiger partial charge in [-0.2, -0.15) is 0 Å². The van der Waals surface area contributed by atoms with Crippen LogP contribution in [0.5, 0.6) is 0 Å². The number of aromatic nitrogens is 3. The van der Waals surface area contributed by atoms with Crippen LogP contribution in [0.2, 0.25) is 10.2 Å². The van der Waals surface area contributed by atoms with Gasteiger partial charge in [0.2, 0.25) is 17.7 Å². The van der Waals surface area contributed by atoms with Crippen LogP contribution in [-0.4, -0.2) is 111 Å². The number of hydrogen-bond acceptors (Lipinski definition) is 9. The molecule has 0 radical (unpaired) electrons. The van der Waals surface area contributed by atoms with E-state index in [1.54, 1.807) is 24.4 Å². The molecule has 10 rings (SSSR count). The smallest absolute Gasteiger partial charge is 0.329 e. The Kier molecular flexibility index (Phi) is 12.3. The summed E-state index contributed by atoms with van der Waals surface area (Å²) in [5, 5.41) is 12.8. The first-order valence-corrected chi connectivity index (χ1v) is 24.5. The second-order valence-corrected chi connectivity index (χ2v) is 21.0. The number of nitrogens with one attached hydrogen (secondary N) is 4. The van der Waals surface area contributed by atoms with Gasteiger partial charge in [-0.15, -0.1) is 0 Å². The summed E-state index contributed by atoms with van der Waals surface area (Å²) < 4.78 is 18.2. The molecule has 1 aromatic carbocycles. The number of urea groups is 1. The number of halogens is 3. The van der Waals surface area contributed by atoms with Crippen molar-refractivity contribution in [3.63, 3.8) is 0 Å². The van der Waals surface area contributed by atoms with E-state index in [1.807, 2.05) is 28.8 Å². The average molecular weight is 952 g/mol. The molecule has 67 heavy (non-hydrogen) atoms. The van der Waals surface area contributed by atoms with E-state index in [-0.39, 0.29) is 46.3 Å². The van der Waals surface area contributed by atoms with Crippen LogP contribution in [0.1, 0.15) is 101 Å². The number of imidazole rings is 1. The Bertz CT molecular complexity index is 2670. The van der Waals surface area contributed by atoms with Gasteiger partial charge >= 0.3 is 6.03 Å². The summed E-state index contributed by atoms with van der Waals surface area (Å²) in [4.78, 5) is 68.9. The van der Waals surface area contributed by atoms with Gasteiger partial charge in [-0.1, -0.05) is 55.0 Å². The van der Waals surface area contributed by atoms with Crippen LogP contribution >= 0.6 is 23.2 Å². The highest BCUT2D eigenvalue weighted by Crippen LogP contribution is 2.64. The van der Waals surface area contributed by atoms with Gasteiger partial charge in [0.1, 0.15) is 11.2 Å². The summed E-state index contributed by atoms with van der Waals surface area (Å²) in [5.41, 5.74) is 0.865. The van der Waals surface area contributed by atoms with Crippen molar-refractivity contribution >= 4 is 64.1 Å². The first-order chi connectivity index (χ1) is 32.2. The Morgan fingerprint density at radius 2 is 1.70 bits per heavy atom. The van der Waals surface area contributed by atoms with E-state index in [9.17, 15) is 19.2 Å². The van der Waals surface area contributed by atoms with Crippen molar-refractivity contribution in [2.45, 2.75) is 107 Å². The molecule has 5 amide bonds. The monoisotopic (exact) mass is 950 g/mol. The zero-order valence-electron chi connectivity index (χ0n) is 38.0. The fraction of sp³-hybridized carbons (Fsp3) is 0.520. The van der Waals surface area contributed by atoms with E-state index < -0.39 is 34.8 Å². The number of fused-ring (bicyclic) bond motifs is 4. The summed E-state index contributed by atoms with van der Waals surface area (Å²) >= 11 is 12.8. The third-order valence-corrected chi connectivity index (χ3v) is 16.2. The molecule has 7 heterocycles. The molecule has 14 nitrogen and oxygen atoms in total. The van der Waals surface area contributed by atoms with Crippen LogP contribution in [0.3, 0.4) is 0 Å². The van der Waals surface area contributed by atoms with Crippen molar-refractivity contribution < 1.29 is 23.6 Å². The number of carbonyl (C=O) groups is 4. The van der Waals surface area contributed by atoms with Crippen molar-refractivity contribution in [1.82, 2.24) is 40.1 Å². The summed E-state index contributed by atoms with van der Waals surface area (Å²) in [6.45, 7) is 10.6. The highest BCUT2D eigenvalue weighted by Gasteiger charge is 2.73. The first-order valence-electron chi connectivity index (χ1n) is 23.8. The first kappa shape index (κ1) is 45.7. The molecule has 4 N–H and O–H groups in total. The minimum atomic E-state index is -1.31. The molecule has 2 spiro atoms. The zero-order chi connectivity index (χ0) is 46.7. The minimum absolute atomic E-state index is 0.0399. The van der Waals surface area contributed by atoms with Gasteiger partial charge in [-0.05, 0) is 104 Å². The number of hydrogen-bond donors (Lipinski definition) is 4. The van der Waals surface area contributed by atoms with Crippen LogP contribution in [0.4, 0.5) is 20.7 Å². The Hall–Kier alpha value is -5.11. The second kappa shape index (κ2) is 18.1. The lowest BCUT2D eigenvalue weighted by atomic mass is 9.53. The Morgan fingerprint density at radius 1 is 0.940 bits per heavy atom. The Balaban J connectivity index is 0.752. The van der Waals surface area contributed by atoms with Crippen molar-refractivity contribution in [2.24, 2.45) is 11.3 Å². The van der Waals surface area contributed by atoms with E-state index >= 15 is 4.39 Å². The fourth-order valence-corrected chi connectivity index (χ4v) is 12.5.